The lowest BCUT2D eigenvalue weighted by molar-refractivity contribution is -0.117. The van der Waals surface area contributed by atoms with Crippen molar-refractivity contribution in [2.24, 2.45) is 7.05 Å². The van der Waals surface area contributed by atoms with Gasteiger partial charge >= 0.3 is 0 Å². The maximum absolute atomic E-state index is 12.5. The van der Waals surface area contributed by atoms with Crippen molar-refractivity contribution < 1.29 is 9.59 Å². The molecule has 1 unspecified atom stereocenters. The molecule has 1 aliphatic rings. The Morgan fingerprint density at radius 3 is 2.76 bits per heavy atom. The van der Waals surface area contributed by atoms with Crippen LogP contribution in [0.4, 0.5) is 17.1 Å². The molecule has 1 aliphatic heterocycles. The average Bonchev–Trinajstić information content (AvgIpc) is 2.76. The second-order valence-electron chi connectivity index (χ2n) is 4.76. The van der Waals surface area contributed by atoms with Crippen molar-refractivity contribution >= 4 is 40.5 Å². The summed E-state index contributed by atoms with van der Waals surface area (Å²) < 4.78 is 1.44. The fourth-order valence-electron chi connectivity index (χ4n) is 2.35. The third-order valence-electron chi connectivity index (χ3n) is 3.33. The van der Waals surface area contributed by atoms with E-state index in [9.17, 15) is 9.59 Å². The van der Waals surface area contributed by atoms with Crippen LogP contribution in [0.25, 0.3) is 0 Å². The van der Waals surface area contributed by atoms with E-state index in [0.29, 0.717) is 22.8 Å². The van der Waals surface area contributed by atoms with Crippen LogP contribution in [0.15, 0.2) is 30.5 Å². The van der Waals surface area contributed by atoms with Crippen molar-refractivity contribution in [2.45, 2.75) is 12.3 Å². The molecule has 0 saturated carbocycles. The van der Waals surface area contributed by atoms with Gasteiger partial charge in [-0.1, -0.05) is 12.1 Å². The number of rotatable bonds is 1. The Balaban J connectivity index is 2.28. The molecule has 108 valence electrons. The van der Waals surface area contributed by atoms with Crippen LogP contribution >= 0.6 is 11.6 Å². The number of fused-ring (bicyclic) bond motifs is 2. The number of anilines is 3. The highest BCUT2D eigenvalue weighted by Crippen LogP contribution is 2.38. The van der Waals surface area contributed by atoms with E-state index in [0.717, 1.165) is 0 Å². The number of aromatic nitrogens is 2. The van der Waals surface area contributed by atoms with Crippen LogP contribution in [0.2, 0.25) is 0 Å². The van der Waals surface area contributed by atoms with Crippen LogP contribution in [0.5, 0.6) is 0 Å². The normalized spacial score (nSPS) is 14.8. The number of halogens is 1. The van der Waals surface area contributed by atoms with E-state index in [1.807, 2.05) is 0 Å². The third-order valence-corrected chi connectivity index (χ3v) is 3.52. The molecule has 21 heavy (non-hydrogen) atoms. The first-order valence-corrected chi connectivity index (χ1v) is 6.84. The molecule has 0 saturated heterocycles. The Hall–Kier alpha value is -2.34. The van der Waals surface area contributed by atoms with E-state index in [4.69, 9.17) is 11.6 Å². The first-order valence-electron chi connectivity index (χ1n) is 6.41. The fraction of sp³-hybridized carbons (Fsp3) is 0.214. The standard InChI is InChI=1S/C14H13ClN4O2/c1-8(15)14(21)19-10-6-4-3-5-9(10)17-13(20)12-11(19)7-16-18(12)2/h3-8H,1-2H3,(H,17,20). The molecule has 0 fully saturated rings. The zero-order valence-electron chi connectivity index (χ0n) is 11.5. The summed E-state index contributed by atoms with van der Waals surface area (Å²) in [4.78, 5) is 26.3. The molecule has 1 aromatic carbocycles. The molecule has 3 rings (SSSR count). The quantitative estimate of drug-likeness (QED) is 0.822. The number of carbonyl (C=O) groups is 2. The lowest BCUT2D eigenvalue weighted by Crippen LogP contribution is -2.32. The summed E-state index contributed by atoms with van der Waals surface area (Å²) in [6.45, 7) is 1.60. The number of para-hydroxylation sites is 2. The van der Waals surface area contributed by atoms with E-state index in [1.165, 1.54) is 15.8 Å². The predicted octanol–water partition coefficient (Wildman–Crippen LogP) is 2.28. The van der Waals surface area contributed by atoms with Gasteiger partial charge in [-0.2, -0.15) is 5.10 Å². The van der Waals surface area contributed by atoms with E-state index in [-0.39, 0.29) is 11.8 Å². The number of amides is 2. The molecule has 0 bridgehead atoms. The van der Waals surface area contributed by atoms with Crippen LogP contribution in [0, 0.1) is 0 Å². The first kappa shape index (κ1) is 13.6. The molecule has 1 aromatic heterocycles. The van der Waals surface area contributed by atoms with Gasteiger partial charge in [0.1, 0.15) is 16.8 Å². The molecule has 0 aliphatic carbocycles. The number of benzene rings is 1. The van der Waals surface area contributed by atoms with Gasteiger partial charge in [-0.3, -0.25) is 19.2 Å². The smallest absolute Gasteiger partial charge is 0.276 e. The summed E-state index contributed by atoms with van der Waals surface area (Å²) in [6.07, 6.45) is 1.49. The zero-order valence-corrected chi connectivity index (χ0v) is 12.3. The number of hydrogen-bond acceptors (Lipinski definition) is 3. The van der Waals surface area contributed by atoms with Crippen molar-refractivity contribution in [3.8, 4) is 0 Å². The van der Waals surface area contributed by atoms with Crippen molar-refractivity contribution in [2.75, 3.05) is 10.2 Å². The van der Waals surface area contributed by atoms with Crippen LogP contribution in [0.3, 0.4) is 0 Å². The maximum Gasteiger partial charge on any atom is 0.276 e. The molecule has 1 N–H and O–H groups in total. The van der Waals surface area contributed by atoms with Crippen LogP contribution in [-0.2, 0) is 11.8 Å². The van der Waals surface area contributed by atoms with Gasteiger partial charge in [0.2, 0.25) is 5.91 Å². The lowest BCUT2D eigenvalue weighted by Gasteiger charge is -2.23. The maximum atomic E-state index is 12.5. The Morgan fingerprint density at radius 1 is 1.33 bits per heavy atom. The minimum Gasteiger partial charge on any atom is -0.319 e. The van der Waals surface area contributed by atoms with E-state index in [1.54, 1.807) is 38.2 Å². The highest BCUT2D eigenvalue weighted by atomic mass is 35.5. The molecule has 0 spiro atoms. The van der Waals surface area contributed by atoms with Gasteiger partial charge in [0, 0.05) is 7.05 Å². The van der Waals surface area contributed by atoms with Gasteiger partial charge < -0.3 is 5.32 Å². The SMILES string of the molecule is CC(Cl)C(=O)N1c2ccccc2NC(=O)c2c1cnn2C. The van der Waals surface area contributed by atoms with Gasteiger partial charge in [-0.05, 0) is 19.1 Å². The van der Waals surface area contributed by atoms with Gasteiger partial charge in [0.15, 0.2) is 0 Å². The second-order valence-corrected chi connectivity index (χ2v) is 5.42. The Morgan fingerprint density at radius 2 is 2.05 bits per heavy atom. The van der Waals surface area contributed by atoms with Crippen LogP contribution in [0.1, 0.15) is 17.4 Å². The zero-order chi connectivity index (χ0) is 15.1. The molecule has 1 atom stereocenters. The van der Waals surface area contributed by atoms with Gasteiger partial charge in [-0.15, -0.1) is 11.6 Å². The monoisotopic (exact) mass is 304 g/mol. The second kappa shape index (κ2) is 4.89. The molecular weight excluding hydrogens is 292 g/mol. The number of carbonyl (C=O) groups excluding carboxylic acids is 2. The minimum atomic E-state index is -0.723. The van der Waals surface area contributed by atoms with E-state index in [2.05, 4.69) is 10.4 Å². The van der Waals surface area contributed by atoms with Crippen LogP contribution in [-0.4, -0.2) is 27.0 Å². The van der Waals surface area contributed by atoms with Crippen LogP contribution < -0.4 is 10.2 Å². The summed E-state index contributed by atoms with van der Waals surface area (Å²) in [5.74, 6) is -0.621. The molecule has 0 radical (unpaired) electrons. The number of nitrogens with zero attached hydrogens (tertiary/aromatic N) is 3. The lowest BCUT2D eigenvalue weighted by atomic mass is 10.2. The van der Waals surface area contributed by atoms with E-state index >= 15 is 0 Å². The summed E-state index contributed by atoms with van der Waals surface area (Å²) >= 11 is 5.97. The predicted molar refractivity (Wildman–Crippen MR) is 80.1 cm³/mol. The summed E-state index contributed by atoms with van der Waals surface area (Å²) in [5, 5.41) is 6.14. The highest BCUT2D eigenvalue weighted by Gasteiger charge is 2.33. The van der Waals surface area contributed by atoms with Gasteiger partial charge in [-0.25, -0.2) is 0 Å². The molecule has 7 heteroatoms. The highest BCUT2D eigenvalue weighted by molar-refractivity contribution is 6.34. The molecular formula is C14H13ClN4O2. The molecule has 2 amide bonds. The minimum absolute atomic E-state index is 0.310. The van der Waals surface area contributed by atoms with Crippen molar-refractivity contribution in [3.05, 3.63) is 36.2 Å². The topological polar surface area (TPSA) is 67.2 Å². The Kier molecular flexibility index (Phi) is 3.17. The molecule has 2 aromatic rings. The number of nitrogens with one attached hydrogen (secondary N) is 1. The summed E-state index contributed by atoms with van der Waals surface area (Å²) in [7, 11) is 1.65. The van der Waals surface area contributed by atoms with E-state index < -0.39 is 5.38 Å². The van der Waals surface area contributed by atoms with Gasteiger partial charge in [0.05, 0.1) is 17.6 Å². The largest absolute Gasteiger partial charge is 0.319 e. The summed E-state index contributed by atoms with van der Waals surface area (Å²) in [5.41, 5.74) is 1.88. The number of hydrogen-bond donors (Lipinski definition) is 1. The average molecular weight is 305 g/mol. The molecule has 2 heterocycles. The van der Waals surface area contributed by atoms with Crippen molar-refractivity contribution in [1.29, 1.82) is 0 Å². The Bertz CT molecular complexity index is 738. The first-order chi connectivity index (χ1) is 10.0. The Labute approximate surface area is 126 Å². The summed E-state index contributed by atoms with van der Waals surface area (Å²) in [6, 6.07) is 7.09. The fourth-order valence-corrected chi connectivity index (χ4v) is 2.45. The van der Waals surface area contributed by atoms with Crippen molar-refractivity contribution in [3.63, 3.8) is 0 Å². The third kappa shape index (κ3) is 2.08. The number of aryl methyl sites for hydroxylation is 1. The number of alkyl halides is 1. The molecule has 6 nitrogen and oxygen atoms in total. The van der Waals surface area contributed by atoms with Gasteiger partial charge in [0.25, 0.3) is 5.91 Å². The van der Waals surface area contributed by atoms with Crippen molar-refractivity contribution in [1.82, 2.24) is 9.78 Å².